The zero-order valence-corrected chi connectivity index (χ0v) is 19.3. The van der Waals surface area contributed by atoms with E-state index in [1.807, 2.05) is 6.20 Å². The van der Waals surface area contributed by atoms with Crippen molar-refractivity contribution in [1.29, 1.82) is 0 Å². The molecule has 0 amide bonds. The molecule has 7 nitrogen and oxygen atoms in total. The summed E-state index contributed by atoms with van der Waals surface area (Å²) >= 11 is 0. The number of hydrogen-bond donors (Lipinski definition) is 2. The van der Waals surface area contributed by atoms with Crippen LogP contribution in [0.3, 0.4) is 0 Å². The molecule has 172 valence electrons. The van der Waals surface area contributed by atoms with Gasteiger partial charge in [-0.15, -0.1) is 0 Å². The first-order valence-corrected chi connectivity index (χ1v) is 11.7. The number of ether oxygens (including phenoxy) is 2. The van der Waals surface area contributed by atoms with Gasteiger partial charge in [-0.1, -0.05) is 12.1 Å². The molecule has 1 aromatic heterocycles. The molecule has 0 saturated carbocycles. The van der Waals surface area contributed by atoms with Gasteiger partial charge < -0.3 is 25.0 Å². The summed E-state index contributed by atoms with van der Waals surface area (Å²) in [5.41, 5.74) is 3.51. The molecule has 1 atom stereocenters. The van der Waals surface area contributed by atoms with Crippen LogP contribution in [0.15, 0.2) is 41.5 Å². The van der Waals surface area contributed by atoms with Crippen molar-refractivity contribution in [3.05, 3.63) is 53.2 Å². The Bertz CT molecular complexity index is 905. The van der Waals surface area contributed by atoms with Crippen molar-refractivity contribution >= 4 is 11.8 Å². The predicted molar refractivity (Wildman–Crippen MR) is 128 cm³/mol. The maximum Gasteiger partial charge on any atom is 0.191 e. The van der Waals surface area contributed by atoms with Crippen molar-refractivity contribution in [3.8, 4) is 5.75 Å². The minimum atomic E-state index is 0.483. The zero-order valence-electron chi connectivity index (χ0n) is 19.3. The molecule has 2 fully saturated rings. The number of hydrogen-bond acceptors (Lipinski definition) is 5. The van der Waals surface area contributed by atoms with Crippen molar-refractivity contribution in [3.63, 3.8) is 0 Å². The van der Waals surface area contributed by atoms with E-state index in [2.05, 4.69) is 62.8 Å². The number of benzene rings is 1. The van der Waals surface area contributed by atoms with Gasteiger partial charge in [0.1, 0.15) is 11.6 Å². The third kappa shape index (κ3) is 6.13. The molecule has 0 radical (unpaired) electrons. The molecule has 4 rings (SSSR count). The molecule has 0 spiro atoms. The lowest BCUT2D eigenvalue weighted by Crippen LogP contribution is -2.36. The van der Waals surface area contributed by atoms with Crippen LogP contribution in [0.1, 0.15) is 36.0 Å². The number of anilines is 1. The van der Waals surface area contributed by atoms with Gasteiger partial charge in [0.2, 0.25) is 0 Å². The minimum absolute atomic E-state index is 0.483. The minimum Gasteiger partial charge on any atom is -0.493 e. The monoisotopic (exact) mass is 437 g/mol. The van der Waals surface area contributed by atoms with Crippen molar-refractivity contribution in [2.75, 3.05) is 44.9 Å². The number of pyridine rings is 1. The topological polar surface area (TPSA) is 71.0 Å². The third-order valence-electron chi connectivity index (χ3n) is 6.09. The second-order valence-electron chi connectivity index (χ2n) is 8.65. The van der Waals surface area contributed by atoms with Gasteiger partial charge in [0, 0.05) is 57.5 Å². The van der Waals surface area contributed by atoms with Gasteiger partial charge in [-0.2, -0.15) is 0 Å². The van der Waals surface area contributed by atoms with E-state index in [4.69, 9.17) is 9.47 Å². The highest BCUT2D eigenvalue weighted by Crippen LogP contribution is 2.23. The van der Waals surface area contributed by atoms with Crippen molar-refractivity contribution < 1.29 is 9.47 Å². The van der Waals surface area contributed by atoms with Crippen LogP contribution in [0, 0.1) is 12.8 Å². The van der Waals surface area contributed by atoms with Gasteiger partial charge in [-0.05, 0) is 55.5 Å². The van der Waals surface area contributed by atoms with Crippen molar-refractivity contribution in [2.45, 2.75) is 39.3 Å². The van der Waals surface area contributed by atoms with Gasteiger partial charge in [-0.25, -0.2) is 4.98 Å². The average molecular weight is 438 g/mol. The molecule has 1 aromatic carbocycles. The molecule has 0 bridgehead atoms. The van der Waals surface area contributed by atoms with Crippen LogP contribution >= 0.6 is 0 Å². The summed E-state index contributed by atoms with van der Waals surface area (Å²) in [5, 5.41) is 6.84. The van der Waals surface area contributed by atoms with E-state index in [-0.39, 0.29) is 0 Å². The van der Waals surface area contributed by atoms with Gasteiger partial charge >= 0.3 is 0 Å². The van der Waals surface area contributed by atoms with E-state index in [0.29, 0.717) is 25.6 Å². The van der Waals surface area contributed by atoms with Gasteiger partial charge in [0.15, 0.2) is 5.96 Å². The number of guanidine groups is 1. The fraction of sp³-hybridized carbons (Fsp3) is 0.520. The number of rotatable bonds is 8. The SMILES string of the molecule is CN=C(NCc1ccnc(N2CCCC2)c1)NCc1ccc(C)cc1OCC1CCOC1. The standard InChI is InChI=1S/C25H35N5O2/c1-19-5-6-22(23(13-19)32-18-21-8-12-31-17-21)16-29-25(26-2)28-15-20-7-9-27-24(14-20)30-10-3-4-11-30/h5-7,9,13-14,21H,3-4,8,10-12,15-18H2,1-2H3,(H2,26,28,29). The summed E-state index contributed by atoms with van der Waals surface area (Å²) in [4.78, 5) is 11.3. The first kappa shape index (κ1) is 22.4. The predicted octanol–water partition coefficient (Wildman–Crippen LogP) is 3.27. The largest absolute Gasteiger partial charge is 0.493 e. The van der Waals surface area contributed by atoms with Crippen LogP contribution in [-0.2, 0) is 17.8 Å². The van der Waals surface area contributed by atoms with Gasteiger partial charge in [-0.3, -0.25) is 4.99 Å². The Morgan fingerprint density at radius 3 is 2.81 bits per heavy atom. The highest BCUT2D eigenvalue weighted by molar-refractivity contribution is 5.79. The lowest BCUT2D eigenvalue weighted by molar-refractivity contribution is 0.166. The summed E-state index contributed by atoms with van der Waals surface area (Å²) in [6.45, 7) is 7.97. The number of aliphatic imine (C=N–C) groups is 1. The first-order valence-electron chi connectivity index (χ1n) is 11.7. The van der Waals surface area contributed by atoms with Crippen LogP contribution in [-0.4, -0.2) is 50.9 Å². The number of aromatic nitrogens is 1. The summed E-state index contributed by atoms with van der Waals surface area (Å²) in [6, 6.07) is 10.6. The number of nitrogens with zero attached hydrogens (tertiary/aromatic N) is 3. The van der Waals surface area contributed by atoms with Crippen molar-refractivity contribution in [1.82, 2.24) is 15.6 Å². The molecule has 0 aliphatic carbocycles. The molecule has 2 N–H and O–H groups in total. The Labute approximate surface area is 191 Å². The molecule has 1 unspecified atom stereocenters. The maximum absolute atomic E-state index is 6.17. The second kappa shape index (κ2) is 11.2. The van der Waals surface area contributed by atoms with Crippen LogP contribution in [0.2, 0.25) is 0 Å². The molecule has 2 saturated heterocycles. The van der Waals surface area contributed by atoms with Crippen LogP contribution in [0.5, 0.6) is 5.75 Å². The summed E-state index contributed by atoms with van der Waals surface area (Å²) < 4.78 is 11.6. The summed E-state index contributed by atoms with van der Waals surface area (Å²) in [7, 11) is 1.80. The Kier molecular flexibility index (Phi) is 7.82. The van der Waals surface area contributed by atoms with Crippen LogP contribution in [0.4, 0.5) is 5.82 Å². The third-order valence-corrected chi connectivity index (χ3v) is 6.09. The van der Waals surface area contributed by atoms with E-state index in [9.17, 15) is 0 Å². The molecule has 2 aliphatic heterocycles. The average Bonchev–Trinajstić information content (AvgIpc) is 3.53. The van der Waals surface area contributed by atoms with Crippen molar-refractivity contribution in [2.24, 2.45) is 10.9 Å². The maximum atomic E-state index is 6.17. The molecular weight excluding hydrogens is 402 g/mol. The fourth-order valence-electron chi connectivity index (χ4n) is 4.14. The summed E-state index contributed by atoms with van der Waals surface area (Å²) in [6.07, 6.45) is 5.47. The molecular formula is C25H35N5O2. The number of aryl methyl sites for hydroxylation is 1. The highest BCUT2D eigenvalue weighted by Gasteiger charge is 2.17. The summed E-state index contributed by atoms with van der Waals surface area (Å²) in [5.74, 6) is 3.25. The van der Waals surface area contributed by atoms with E-state index in [1.54, 1.807) is 7.05 Å². The van der Waals surface area contributed by atoms with Gasteiger partial charge in [0.25, 0.3) is 0 Å². The smallest absolute Gasteiger partial charge is 0.191 e. The Balaban J connectivity index is 1.31. The molecule has 3 heterocycles. The van der Waals surface area contributed by atoms with Gasteiger partial charge in [0.05, 0.1) is 13.2 Å². The van der Waals surface area contributed by atoms with E-state index in [1.165, 1.54) is 24.0 Å². The van der Waals surface area contributed by atoms with E-state index < -0.39 is 0 Å². The molecule has 32 heavy (non-hydrogen) atoms. The second-order valence-corrected chi connectivity index (χ2v) is 8.65. The lowest BCUT2D eigenvalue weighted by Gasteiger charge is -2.18. The molecule has 7 heteroatoms. The van der Waals surface area contributed by atoms with E-state index >= 15 is 0 Å². The fourth-order valence-corrected chi connectivity index (χ4v) is 4.14. The Morgan fingerprint density at radius 2 is 2.03 bits per heavy atom. The molecule has 2 aliphatic rings. The molecule has 2 aromatic rings. The number of nitrogens with one attached hydrogen (secondary N) is 2. The highest BCUT2D eigenvalue weighted by atomic mass is 16.5. The van der Waals surface area contributed by atoms with Crippen LogP contribution in [0.25, 0.3) is 0 Å². The first-order chi connectivity index (χ1) is 15.7. The van der Waals surface area contributed by atoms with Crippen LogP contribution < -0.4 is 20.3 Å². The normalized spacial score (nSPS) is 18.8. The lowest BCUT2D eigenvalue weighted by atomic mass is 10.1. The Morgan fingerprint density at radius 1 is 1.19 bits per heavy atom. The Hall–Kier alpha value is -2.80. The quantitative estimate of drug-likeness (QED) is 0.488. The zero-order chi connectivity index (χ0) is 22.2. The van der Waals surface area contributed by atoms with E-state index in [0.717, 1.165) is 55.8 Å².